The summed E-state index contributed by atoms with van der Waals surface area (Å²) in [6.07, 6.45) is 0. The minimum absolute atomic E-state index is 0.0173. The number of rotatable bonds is 7. The number of methoxy groups -OCH3 is 3. The number of carbonyl (C=O) groups is 1. The predicted octanol–water partition coefficient (Wildman–Crippen LogP) is 4.25. The predicted molar refractivity (Wildman–Crippen MR) is 95.6 cm³/mol. The molecule has 0 saturated carbocycles. The summed E-state index contributed by atoms with van der Waals surface area (Å²) in [4.78, 5) is 12.2. The first-order valence-electron chi connectivity index (χ1n) is 7.70. The maximum Gasteiger partial charge on any atom is 0.446 e. The van der Waals surface area contributed by atoms with Gasteiger partial charge in [0.05, 0.1) is 21.3 Å². The molecule has 2 aromatic rings. The molecule has 0 unspecified atom stereocenters. The lowest BCUT2D eigenvalue weighted by molar-refractivity contribution is -0.0328. The van der Waals surface area contributed by atoms with E-state index in [-0.39, 0.29) is 28.8 Å². The van der Waals surface area contributed by atoms with E-state index in [1.54, 1.807) is 12.1 Å². The fourth-order valence-corrected chi connectivity index (χ4v) is 2.87. The second-order valence-corrected chi connectivity index (χ2v) is 6.43. The van der Waals surface area contributed by atoms with Crippen molar-refractivity contribution in [2.75, 3.05) is 21.3 Å². The first-order valence-corrected chi connectivity index (χ1v) is 8.52. The zero-order chi connectivity index (χ0) is 20.0. The van der Waals surface area contributed by atoms with E-state index in [1.807, 2.05) is 0 Å². The largest absolute Gasteiger partial charge is 0.493 e. The van der Waals surface area contributed by atoms with E-state index < -0.39 is 11.4 Å². The number of thioether (sulfide) groups is 1. The van der Waals surface area contributed by atoms with Crippen molar-refractivity contribution in [3.63, 3.8) is 0 Å². The molecule has 0 aliphatic carbocycles. The highest BCUT2D eigenvalue weighted by Gasteiger charge is 2.29. The normalized spacial score (nSPS) is 11.0. The number of amides is 1. The van der Waals surface area contributed by atoms with Gasteiger partial charge in [-0.3, -0.25) is 4.79 Å². The van der Waals surface area contributed by atoms with Crippen LogP contribution in [-0.2, 0) is 6.54 Å². The van der Waals surface area contributed by atoms with Gasteiger partial charge in [0, 0.05) is 17.0 Å². The van der Waals surface area contributed by atoms with Gasteiger partial charge in [0.15, 0.2) is 11.5 Å². The monoisotopic (exact) mass is 401 g/mol. The molecule has 0 spiro atoms. The van der Waals surface area contributed by atoms with Gasteiger partial charge >= 0.3 is 5.51 Å². The summed E-state index contributed by atoms with van der Waals surface area (Å²) < 4.78 is 52.8. The molecule has 0 radical (unpaired) electrons. The highest BCUT2D eigenvalue weighted by molar-refractivity contribution is 8.00. The SMILES string of the molecule is COc1cc(CNC(=O)c2ccc(SC(F)(F)F)cc2)cc(OC)c1OC. The zero-order valence-electron chi connectivity index (χ0n) is 14.8. The number of nitrogens with one attached hydrogen (secondary N) is 1. The summed E-state index contributed by atoms with van der Waals surface area (Å²) in [7, 11) is 4.46. The van der Waals surface area contributed by atoms with Crippen molar-refractivity contribution in [1.82, 2.24) is 5.32 Å². The molecule has 0 heterocycles. The number of hydrogen-bond donors (Lipinski definition) is 1. The van der Waals surface area contributed by atoms with Crippen molar-refractivity contribution in [2.45, 2.75) is 16.9 Å². The molecular weight excluding hydrogens is 383 g/mol. The van der Waals surface area contributed by atoms with Crippen molar-refractivity contribution < 1.29 is 32.2 Å². The van der Waals surface area contributed by atoms with Crippen LogP contribution in [0.15, 0.2) is 41.3 Å². The lowest BCUT2D eigenvalue weighted by atomic mass is 10.1. The van der Waals surface area contributed by atoms with Gasteiger partial charge in [-0.05, 0) is 53.7 Å². The molecule has 9 heteroatoms. The molecule has 0 bridgehead atoms. The number of halogens is 3. The number of carbonyl (C=O) groups excluding carboxylic acids is 1. The molecule has 1 amide bonds. The van der Waals surface area contributed by atoms with Crippen LogP contribution in [0.2, 0.25) is 0 Å². The summed E-state index contributed by atoms with van der Waals surface area (Å²) in [6.45, 7) is 0.175. The molecule has 0 aromatic heterocycles. The molecule has 0 saturated heterocycles. The van der Waals surface area contributed by atoms with E-state index in [1.165, 1.54) is 45.6 Å². The van der Waals surface area contributed by atoms with Crippen molar-refractivity contribution >= 4 is 17.7 Å². The first kappa shape index (κ1) is 20.8. The number of hydrogen-bond acceptors (Lipinski definition) is 5. The van der Waals surface area contributed by atoms with Crippen LogP contribution in [0.3, 0.4) is 0 Å². The molecule has 5 nitrogen and oxygen atoms in total. The fraction of sp³-hybridized carbons (Fsp3) is 0.278. The van der Waals surface area contributed by atoms with E-state index in [9.17, 15) is 18.0 Å². The highest BCUT2D eigenvalue weighted by Crippen LogP contribution is 2.38. The zero-order valence-corrected chi connectivity index (χ0v) is 15.7. The fourth-order valence-electron chi connectivity index (χ4n) is 2.33. The van der Waals surface area contributed by atoms with E-state index >= 15 is 0 Å². The molecule has 0 aliphatic rings. The smallest absolute Gasteiger partial charge is 0.446 e. The second-order valence-electron chi connectivity index (χ2n) is 5.29. The van der Waals surface area contributed by atoms with Crippen LogP contribution in [0.1, 0.15) is 15.9 Å². The van der Waals surface area contributed by atoms with Gasteiger partial charge < -0.3 is 19.5 Å². The molecule has 2 aromatic carbocycles. The number of alkyl halides is 3. The first-order chi connectivity index (χ1) is 12.8. The molecular formula is C18H18F3NO4S. The van der Waals surface area contributed by atoms with Crippen LogP contribution < -0.4 is 19.5 Å². The third-order valence-corrected chi connectivity index (χ3v) is 4.27. The molecule has 0 atom stereocenters. The lowest BCUT2D eigenvalue weighted by Crippen LogP contribution is -2.22. The molecule has 1 N–H and O–H groups in total. The topological polar surface area (TPSA) is 56.8 Å². The Hall–Kier alpha value is -2.55. The molecule has 27 heavy (non-hydrogen) atoms. The average Bonchev–Trinajstić information content (AvgIpc) is 2.64. The Morgan fingerprint density at radius 2 is 1.56 bits per heavy atom. The van der Waals surface area contributed by atoms with Gasteiger partial charge in [-0.2, -0.15) is 13.2 Å². The lowest BCUT2D eigenvalue weighted by Gasteiger charge is -2.14. The Balaban J connectivity index is 2.07. The van der Waals surface area contributed by atoms with E-state index in [4.69, 9.17) is 14.2 Å². The Bertz CT molecular complexity index is 769. The minimum atomic E-state index is -4.36. The van der Waals surface area contributed by atoms with Crippen LogP contribution in [0.25, 0.3) is 0 Å². The Kier molecular flexibility index (Phi) is 6.84. The maximum absolute atomic E-state index is 12.3. The molecule has 2 rings (SSSR count). The summed E-state index contributed by atoms with van der Waals surface area (Å²) in [5.74, 6) is 0.935. The molecule has 0 fully saturated rings. The van der Waals surface area contributed by atoms with E-state index in [0.29, 0.717) is 22.8 Å². The van der Waals surface area contributed by atoms with Gasteiger partial charge in [0.2, 0.25) is 5.75 Å². The minimum Gasteiger partial charge on any atom is -0.493 e. The van der Waals surface area contributed by atoms with Crippen LogP contribution in [0.5, 0.6) is 17.2 Å². The Labute approximate surface area is 158 Å². The highest BCUT2D eigenvalue weighted by atomic mass is 32.2. The van der Waals surface area contributed by atoms with E-state index in [0.717, 1.165) is 0 Å². The van der Waals surface area contributed by atoms with Crippen molar-refractivity contribution in [3.05, 3.63) is 47.5 Å². The van der Waals surface area contributed by atoms with Crippen LogP contribution in [0, 0.1) is 0 Å². The van der Waals surface area contributed by atoms with Crippen LogP contribution >= 0.6 is 11.8 Å². The summed E-state index contributed by atoms with van der Waals surface area (Å²) in [6, 6.07) is 8.60. The van der Waals surface area contributed by atoms with Crippen LogP contribution in [-0.4, -0.2) is 32.7 Å². The van der Waals surface area contributed by atoms with Crippen LogP contribution in [0.4, 0.5) is 13.2 Å². The Morgan fingerprint density at radius 3 is 2.00 bits per heavy atom. The van der Waals surface area contributed by atoms with Crippen molar-refractivity contribution in [3.8, 4) is 17.2 Å². The Morgan fingerprint density at radius 1 is 1.00 bits per heavy atom. The average molecular weight is 401 g/mol. The van der Waals surface area contributed by atoms with Gasteiger partial charge in [-0.1, -0.05) is 0 Å². The number of ether oxygens (including phenoxy) is 3. The quantitative estimate of drug-likeness (QED) is 0.703. The van der Waals surface area contributed by atoms with Gasteiger partial charge in [-0.25, -0.2) is 0 Å². The molecule has 146 valence electrons. The van der Waals surface area contributed by atoms with Gasteiger partial charge in [0.1, 0.15) is 0 Å². The van der Waals surface area contributed by atoms with Crippen molar-refractivity contribution in [1.29, 1.82) is 0 Å². The van der Waals surface area contributed by atoms with Gasteiger partial charge in [0.25, 0.3) is 5.91 Å². The maximum atomic E-state index is 12.3. The second kappa shape index (κ2) is 8.90. The van der Waals surface area contributed by atoms with Crippen molar-refractivity contribution in [2.24, 2.45) is 0 Å². The third-order valence-electron chi connectivity index (χ3n) is 3.53. The van der Waals surface area contributed by atoms with Gasteiger partial charge in [-0.15, -0.1) is 0 Å². The third kappa shape index (κ3) is 5.72. The standard InChI is InChI=1S/C18H18F3NO4S/c1-24-14-8-11(9-15(25-2)16(14)26-3)10-22-17(23)12-4-6-13(7-5-12)27-18(19,20)21/h4-9H,10H2,1-3H3,(H,22,23). The molecule has 0 aliphatic heterocycles. The number of benzene rings is 2. The summed E-state index contributed by atoms with van der Waals surface area (Å²) in [5, 5.41) is 2.70. The summed E-state index contributed by atoms with van der Waals surface area (Å²) >= 11 is -0.228. The summed E-state index contributed by atoms with van der Waals surface area (Å²) in [5.41, 5.74) is -3.40. The van der Waals surface area contributed by atoms with E-state index in [2.05, 4.69) is 5.32 Å².